The molecular formula is C16H11FINO. The summed E-state index contributed by atoms with van der Waals surface area (Å²) in [5.74, 6) is -0.431. The number of hydrogen-bond acceptors (Lipinski definition) is 1. The van der Waals surface area contributed by atoms with Gasteiger partial charge in [0.05, 0.1) is 0 Å². The predicted molar refractivity (Wildman–Crippen MR) is 85.6 cm³/mol. The van der Waals surface area contributed by atoms with E-state index < -0.39 is 0 Å². The van der Waals surface area contributed by atoms with Crippen LogP contribution in [0.25, 0.3) is 10.9 Å². The Bertz CT molecular complexity index is 822. The molecule has 3 aromatic rings. The maximum Gasteiger partial charge on any atom is 0.196 e. The van der Waals surface area contributed by atoms with Gasteiger partial charge in [-0.15, -0.1) is 0 Å². The van der Waals surface area contributed by atoms with E-state index in [0.29, 0.717) is 16.5 Å². The van der Waals surface area contributed by atoms with E-state index in [4.69, 9.17) is 0 Å². The molecule has 0 aliphatic carbocycles. The van der Waals surface area contributed by atoms with Gasteiger partial charge in [-0.05, 0) is 59.3 Å². The molecule has 2 aromatic carbocycles. The molecule has 0 fully saturated rings. The van der Waals surface area contributed by atoms with Crippen molar-refractivity contribution in [1.29, 1.82) is 0 Å². The number of fused-ring (bicyclic) bond motifs is 1. The molecule has 1 heterocycles. The maximum absolute atomic E-state index is 13.4. The standard InChI is InChI=1S/C16H11FINO/c1-9-3-2-4-11(15(9)18)16(20)13-8-19-14-6-5-10(17)7-12(13)14/h2-8,19H,1H3. The van der Waals surface area contributed by atoms with Crippen LogP contribution in [0.3, 0.4) is 0 Å². The van der Waals surface area contributed by atoms with Crippen molar-refractivity contribution in [3.8, 4) is 0 Å². The lowest BCUT2D eigenvalue weighted by Crippen LogP contribution is -2.04. The molecule has 0 saturated carbocycles. The first-order chi connectivity index (χ1) is 9.58. The van der Waals surface area contributed by atoms with E-state index in [1.54, 1.807) is 18.3 Å². The van der Waals surface area contributed by atoms with Crippen LogP contribution in [0, 0.1) is 16.3 Å². The minimum atomic E-state index is -0.343. The van der Waals surface area contributed by atoms with Crippen molar-refractivity contribution in [2.75, 3.05) is 0 Å². The number of nitrogens with one attached hydrogen (secondary N) is 1. The van der Waals surface area contributed by atoms with Crippen LogP contribution in [-0.4, -0.2) is 10.8 Å². The second kappa shape index (κ2) is 5.01. The maximum atomic E-state index is 13.4. The van der Waals surface area contributed by atoms with E-state index >= 15 is 0 Å². The molecule has 0 aliphatic rings. The van der Waals surface area contributed by atoms with E-state index in [1.165, 1.54) is 12.1 Å². The van der Waals surface area contributed by atoms with Gasteiger partial charge in [0, 0.05) is 31.8 Å². The third-order valence-electron chi connectivity index (χ3n) is 3.32. The SMILES string of the molecule is Cc1cccc(C(=O)c2c[nH]c3ccc(F)cc23)c1I. The second-order valence-corrected chi connectivity index (χ2v) is 5.74. The first-order valence-electron chi connectivity index (χ1n) is 6.14. The molecule has 0 bridgehead atoms. The van der Waals surface area contributed by atoms with Crippen LogP contribution in [0.5, 0.6) is 0 Å². The summed E-state index contributed by atoms with van der Waals surface area (Å²) in [6, 6.07) is 10.0. The molecular weight excluding hydrogens is 368 g/mol. The number of aromatic nitrogens is 1. The third-order valence-corrected chi connectivity index (χ3v) is 4.76. The molecule has 0 amide bonds. The number of rotatable bonds is 2. The quantitative estimate of drug-likeness (QED) is 0.518. The number of ketones is 1. The van der Waals surface area contributed by atoms with Gasteiger partial charge in [0.1, 0.15) is 5.82 Å². The van der Waals surface area contributed by atoms with Gasteiger partial charge in [-0.3, -0.25) is 4.79 Å². The van der Waals surface area contributed by atoms with Crippen molar-refractivity contribution in [2.24, 2.45) is 0 Å². The van der Waals surface area contributed by atoms with E-state index in [2.05, 4.69) is 27.6 Å². The molecule has 0 aliphatic heterocycles. The number of H-pyrrole nitrogens is 1. The van der Waals surface area contributed by atoms with Gasteiger partial charge < -0.3 is 4.98 Å². The lowest BCUT2D eigenvalue weighted by molar-refractivity contribution is 0.103. The summed E-state index contributed by atoms with van der Waals surface area (Å²) in [4.78, 5) is 15.7. The largest absolute Gasteiger partial charge is 0.360 e. The van der Waals surface area contributed by atoms with Crippen LogP contribution in [0.4, 0.5) is 4.39 Å². The van der Waals surface area contributed by atoms with Gasteiger partial charge in [0.15, 0.2) is 5.78 Å². The van der Waals surface area contributed by atoms with Gasteiger partial charge >= 0.3 is 0 Å². The van der Waals surface area contributed by atoms with Crippen LogP contribution in [-0.2, 0) is 0 Å². The number of hydrogen-bond donors (Lipinski definition) is 1. The van der Waals surface area contributed by atoms with Crippen LogP contribution in [0.1, 0.15) is 21.5 Å². The fraction of sp³-hybridized carbons (Fsp3) is 0.0625. The first kappa shape index (κ1) is 13.3. The molecule has 4 heteroatoms. The molecule has 0 spiro atoms. The molecule has 1 N–H and O–H groups in total. The smallest absolute Gasteiger partial charge is 0.196 e. The summed E-state index contributed by atoms with van der Waals surface area (Å²) in [6.45, 7) is 1.97. The highest BCUT2D eigenvalue weighted by Gasteiger charge is 2.17. The zero-order valence-corrected chi connectivity index (χ0v) is 12.9. The van der Waals surface area contributed by atoms with Crippen LogP contribution >= 0.6 is 22.6 Å². The highest BCUT2D eigenvalue weighted by Crippen LogP contribution is 2.25. The summed E-state index contributed by atoms with van der Waals surface area (Å²) in [5.41, 5.74) is 2.97. The molecule has 0 radical (unpaired) electrons. The van der Waals surface area contributed by atoms with Crippen molar-refractivity contribution in [3.05, 3.63) is 68.7 Å². The summed E-state index contributed by atoms with van der Waals surface area (Å²) in [7, 11) is 0. The number of carbonyl (C=O) groups is 1. The molecule has 20 heavy (non-hydrogen) atoms. The molecule has 0 unspecified atom stereocenters. The third kappa shape index (κ3) is 2.14. The summed E-state index contributed by atoms with van der Waals surface area (Å²) < 4.78 is 14.3. The van der Waals surface area contributed by atoms with Crippen LogP contribution < -0.4 is 0 Å². The fourth-order valence-corrected chi connectivity index (χ4v) is 2.85. The van der Waals surface area contributed by atoms with Crippen LogP contribution in [0.2, 0.25) is 0 Å². The average molecular weight is 379 g/mol. The summed E-state index contributed by atoms with van der Waals surface area (Å²) >= 11 is 2.17. The minimum Gasteiger partial charge on any atom is -0.360 e. The molecule has 0 saturated heterocycles. The lowest BCUT2D eigenvalue weighted by Gasteiger charge is -2.05. The highest BCUT2D eigenvalue weighted by molar-refractivity contribution is 14.1. The Balaban J connectivity index is 2.18. The number of halogens is 2. The van der Waals surface area contributed by atoms with E-state index in [-0.39, 0.29) is 11.6 Å². The Morgan fingerprint density at radius 2 is 2.00 bits per heavy atom. The Kier molecular flexibility index (Phi) is 3.33. The Labute approximate surface area is 129 Å². The monoisotopic (exact) mass is 379 g/mol. The Hall–Kier alpha value is -1.69. The topological polar surface area (TPSA) is 32.9 Å². The molecule has 0 atom stereocenters. The second-order valence-electron chi connectivity index (χ2n) is 4.66. The van der Waals surface area contributed by atoms with Gasteiger partial charge in [0.2, 0.25) is 0 Å². The van der Waals surface area contributed by atoms with Crippen molar-refractivity contribution in [1.82, 2.24) is 4.98 Å². The minimum absolute atomic E-state index is 0.0880. The van der Waals surface area contributed by atoms with E-state index in [0.717, 1.165) is 14.7 Å². The molecule has 3 rings (SSSR count). The number of benzene rings is 2. The fourth-order valence-electron chi connectivity index (χ4n) is 2.25. The zero-order chi connectivity index (χ0) is 14.3. The molecule has 100 valence electrons. The number of carbonyl (C=O) groups excluding carboxylic acids is 1. The Morgan fingerprint density at radius 3 is 2.80 bits per heavy atom. The van der Waals surface area contributed by atoms with Crippen molar-refractivity contribution < 1.29 is 9.18 Å². The van der Waals surface area contributed by atoms with Gasteiger partial charge in [-0.1, -0.05) is 12.1 Å². The summed E-state index contributed by atoms with van der Waals surface area (Å²) in [6.07, 6.45) is 1.64. The van der Waals surface area contributed by atoms with E-state index in [1.807, 2.05) is 19.1 Å². The Morgan fingerprint density at radius 1 is 1.20 bits per heavy atom. The van der Waals surface area contributed by atoms with Gasteiger partial charge in [-0.25, -0.2) is 4.39 Å². The predicted octanol–water partition coefficient (Wildman–Crippen LogP) is 4.45. The van der Waals surface area contributed by atoms with Crippen LogP contribution in [0.15, 0.2) is 42.6 Å². The summed E-state index contributed by atoms with van der Waals surface area (Å²) in [5, 5.41) is 0.618. The highest BCUT2D eigenvalue weighted by atomic mass is 127. The van der Waals surface area contributed by atoms with Gasteiger partial charge in [0.25, 0.3) is 0 Å². The number of aryl methyl sites for hydroxylation is 1. The van der Waals surface area contributed by atoms with Gasteiger partial charge in [-0.2, -0.15) is 0 Å². The number of aromatic amines is 1. The lowest BCUT2D eigenvalue weighted by atomic mass is 10.0. The molecule has 2 nitrogen and oxygen atoms in total. The van der Waals surface area contributed by atoms with E-state index in [9.17, 15) is 9.18 Å². The first-order valence-corrected chi connectivity index (χ1v) is 7.22. The molecule has 1 aromatic heterocycles. The van der Waals surface area contributed by atoms with Crippen molar-refractivity contribution in [2.45, 2.75) is 6.92 Å². The normalized spacial score (nSPS) is 10.9. The van der Waals surface area contributed by atoms with Crippen molar-refractivity contribution >= 4 is 39.3 Å². The zero-order valence-electron chi connectivity index (χ0n) is 10.7. The average Bonchev–Trinajstić information content (AvgIpc) is 2.84. The van der Waals surface area contributed by atoms with Crippen molar-refractivity contribution in [3.63, 3.8) is 0 Å².